The smallest absolute Gasteiger partial charge is 0.255 e. The topological polar surface area (TPSA) is 104 Å². The van der Waals surface area contributed by atoms with Crippen molar-refractivity contribution < 1.29 is 36.6 Å². The van der Waals surface area contributed by atoms with Gasteiger partial charge in [-0.2, -0.15) is 0 Å². The molecule has 2 bridgehead atoms. The van der Waals surface area contributed by atoms with Crippen LogP contribution in [-0.4, -0.2) is 42.0 Å². The van der Waals surface area contributed by atoms with Gasteiger partial charge in [0.05, 0.1) is 17.5 Å². The Bertz CT molecular complexity index is 1160. The van der Waals surface area contributed by atoms with Gasteiger partial charge in [0.1, 0.15) is 10.7 Å². The van der Waals surface area contributed by atoms with Crippen LogP contribution in [0.3, 0.4) is 0 Å². The Morgan fingerprint density at radius 3 is 2.22 bits per heavy atom. The highest BCUT2D eigenvalue weighted by Gasteiger charge is 2.55. The number of halogens is 3. The van der Waals surface area contributed by atoms with Gasteiger partial charge in [-0.05, 0) is 67.9 Å². The van der Waals surface area contributed by atoms with Gasteiger partial charge in [-0.25, -0.2) is 21.6 Å². The molecule has 0 radical (unpaired) electrons. The molecule has 2 aliphatic carbocycles. The summed E-state index contributed by atoms with van der Waals surface area (Å²) in [5, 5.41) is 21.6. The molecule has 6 nitrogen and oxygen atoms in total. The summed E-state index contributed by atoms with van der Waals surface area (Å²) in [6.45, 7) is -0.455. The van der Waals surface area contributed by atoms with E-state index in [0.717, 1.165) is 36.4 Å². The van der Waals surface area contributed by atoms with Crippen LogP contribution in [0.5, 0.6) is 0 Å². The average Bonchev–Trinajstić information content (AvgIpc) is 2.92. The summed E-state index contributed by atoms with van der Waals surface area (Å²) in [5.74, 6) is -4.90. The summed E-state index contributed by atoms with van der Waals surface area (Å²) in [4.78, 5) is 11.9. The van der Waals surface area contributed by atoms with Gasteiger partial charge < -0.3 is 15.5 Å². The van der Waals surface area contributed by atoms with E-state index in [-0.39, 0.29) is 24.1 Å². The zero-order valence-corrected chi connectivity index (χ0v) is 17.7. The Labute approximate surface area is 183 Å². The average molecular weight is 469 g/mol. The van der Waals surface area contributed by atoms with Crippen molar-refractivity contribution in [1.82, 2.24) is 0 Å². The molecule has 4 rings (SSSR count). The number of fused-ring (bicyclic) bond motifs is 2. The van der Waals surface area contributed by atoms with Crippen LogP contribution in [0, 0.1) is 29.3 Å². The quantitative estimate of drug-likeness (QED) is 0.625. The van der Waals surface area contributed by atoms with Gasteiger partial charge in [-0.1, -0.05) is 0 Å². The third-order valence-electron chi connectivity index (χ3n) is 6.74. The lowest BCUT2D eigenvalue weighted by Crippen LogP contribution is -2.50. The van der Waals surface area contributed by atoms with Crippen molar-refractivity contribution in [1.29, 1.82) is 0 Å². The second-order valence-corrected chi connectivity index (χ2v) is 10.7. The molecule has 1 amide bonds. The third-order valence-corrected chi connectivity index (χ3v) is 8.93. The highest BCUT2D eigenvalue weighted by molar-refractivity contribution is 7.92. The van der Waals surface area contributed by atoms with E-state index in [1.54, 1.807) is 0 Å². The first kappa shape index (κ1) is 22.8. The Balaban J connectivity index is 1.59. The first-order valence-electron chi connectivity index (χ1n) is 10.2. The zero-order valence-electron chi connectivity index (χ0n) is 16.9. The Morgan fingerprint density at radius 2 is 1.62 bits per heavy atom. The summed E-state index contributed by atoms with van der Waals surface area (Å²) in [5.41, 5.74) is -1.54. The van der Waals surface area contributed by atoms with Crippen molar-refractivity contribution in [3.8, 4) is 0 Å². The molecule has 0 spiro atoms. The van der Waals surface area contributed by atoms with Gasteiger partial charge in [-0.15, -0.1) is 0 Å². The molecule has 2 unspecified atom stereocenters. The monoisotopic (exact) mass is 469 g/mol. The second kappa shape index (κ2) is 8.17. The predicted octanol–water partition coefficient (Wildman–Crippen LogP) is 3.04. The number of nitrogens with one attached hydrogen (secondary N) is 1. The normalized spacial score (nSPS) is 27.3. The maximum absolute atomic E-state index is 14.5. The minimum atomic E-state index is -4.18. The summed E-state index contributed by atoms with van der Waals surface area (Å²) in [6, 6.07) is 5.63. The molecule has 0 aliphatic heterocycles. The number of benzene rings is 2. The van der Waals surface area contributed by atoms with Crippen LogP contribution < -0.4 is 5.32 Å². The highest BCUT2D eigenvalue weighted by Crippen LogP contribution is 2.51. The van der Waals surface area contributed by atoms with Crippen molar-refractivity contribution in [3.63, 3.8) is 0 Å². The van der Waals surface area contributed by atoms with Crippen molar-refractivity contribution in [2.24, 2.45) is 11.8 Å². The number of aliphatic hydroxyl groups is 2. The molecule has 2 aromatic rings. The number of hydrogen-bond acceptors (Lipinski definition) is 5. The summed E-state index contributed by atoms with van der Waals surface area (Å²) in [7, 11) is -4.18. The minimum Gasteiger partial charge on any atom is -0.393 e. The Hall–Kier alpha value is -2.43. The number of sulfone groups is 1. The van der Waals surface area contributed by atoms with Gasteiger partial charge in [0.15, 0.2) is 21.5 Å². The van der Waals surface area contributed by atoms with E-state index in [2.05, 4.69) is 5.32 Å². The molecule has 2 aliphatic rings. The summed E-state index contributed by atoms with van der Waals surface area (Å²) in [6.07, 6.45) is 1.32. The third kappa shape index (κ3) is 3.80. The lowest BCUT2D eigenvalue weighted by Gasteiger charge is -2.41. The Morgan fingerprint density at radius 1 is 1.00 bits per heavy atom. The van der Waals surface area contributed by atoms with E-state index in [1.165, 1.54) is 0 Å². The molecule has 10 heteroatoms. The Kier molecular flexibility index (Phi) is 5.81. The molecular weight excluding hydrogens is 447 g/mol. The molecule has 2 saturated carbocycles. The van der Waals surface area contributed by atoms with Gasteiger partial charge >= 0.3 is 0 Å². The van der Waals surface area contributed by atoms with E-state index >= 15 is 0 Å². The van der Waals surface area contributed by atoms with E-state index in [1.807, 2.05) is 0 Å². The van der Waals surface area contributed by atoms with E-state index in [9.17, 15) is 36.6 Å². The highest BCUT2D eigenvalue weighted by atomic mass is 32.2. The van der Waals surface area contributed by atoms with Crippen molar-refractivity contribution >= 4 is 21.4 Å². The maximum atomic E-state index is 14.5. The molecule has 3 N–H and O–H groups in total. The lowest BCUT2D eigenvalue weighted by molar-refractivity contribution is -0.0944. The van der Waals surface area contributed by atoms with Gasteiger partial charge in [-0.3, -0.25) is 4.79 Å². The molecule has 172 valence electrons. The lowest BCUT2D eigenvalue weighted by atomic mass is 9.75. The number of carbonyl (C=O) groups excluding carboxylic acids is 1. The zero-order chi connectivity index (χ0) is 23.3. The maximum Gasteiger partial charge on any atom is 0.255 e. The number of hydrogen-bond donors (Lipinski definition) is 3. The van der Waals surface area contributed by atoms with Crippen molar-refractivity contribution in [3.05, 3.63) is 59.4 Å². The fourth-order valence-corrected chi connectivity index (χ4v) is 6.90. The minimum absolute atomic E-state index is 0.0465. The van der Waals surface area contributed by atoms with Gasteiger partial charge in [0.25, 0.3) is 5.91 Å². The van der Waals surface area contributed by atoms with Crippen LogP contribution in [0.15, 0.2) is 41.3 Å². The molecule has 2 fully saturated rings. The number of anilines is 1. The molecule has 0 heterocycles. The van der Waals surface area contributed by atoms with E-state index in [0.29, 0.717) is 12.8 Å². The summed E-state index contributed by atoms with van der Waals surface area (Å²) >= 11 is 0. The largest absolute Gasteiger partial charge is 0.393 e. The van der Waals surface area contributed by atoms with Gasteiger partial charge in [0.2, 0.25) is 0 Å². The molecule has 0 aromatic heterocycles. The molecule has 4 atom stereocenters. The van der Waals surface area contributed by atoms with Crippen molar-refractivity contribution in [2.45, 2.75) is 41.4 Å². The van der Waals surface area contributed by atoms with Gasteiger partial charge in [0, 0.05) is 17.3 Å². The van der Waals surface area contributed by atoms with Crippen LogP contribution in [0.1, 0.15) is 36.0 Å². The van der Waals surface area contributed by atoms with Crippen LogP contribution in [0.4, 0.5) is 18.9 Å². The SMILES string of the molecule is O=C(Nc1ccc(F)c(F)c1)c1ccc(F)c(S(=O)(=O)C2C[C@H]3CC[C@@H](C2)C3(O)CO)c1. The first-order chi connectivity index (χ1) is 15.1. The number of rotatable bonds is 5. The number of carbonyl (C=O) groups is 1. The van der Waals surface area contributed by atoms with E-state index in [4.69, 9.17) is 0 Å². The molecular formula is C22H22F3NO5S. The number of amides is 1. The summed E-state index contributed by atoms with van der Waals surface area (Å²) < 4.78 is 67.5. The molecule has 0 saturated heterocycles. The number of aliphatic hydroxyl groups excluding tert-OH is 1. The first-order valence-corrected chi connectivity index (χ1v) is 11.7. The molecule has 2 aromatic carbocycles. The van der Waals surface area contributed by atoms with Crippen LogP contribution in [-0.2, 0) is 9.84 Å². The molecule has 32 heavy (non-hydrogen) atoms. The fraction of sp³-hybridized carbons (Fsp3) is 0.409. The van der Waals surface area contributed by atoms with Crippen LogP contribution in [0.2, 0.25) is 0 Å². The van der Waals surface area contributed by atoms with Crippen molar-refractivity contribution in [2.75, 3.05) is 11.9 Å². The predicted molar refractivity (Wildman–Crippen MR) is 109 cm³/mol. The van der Waals surface area contributed by atoms with E-state index < -0.39 is 67.4 Å². The van der Waals surface area contributed by atoms with Crippen LogP contribution >= 0.6 is 0 Å². The fourth-order valence-electron chi connectivity index (χ4n) is 4.94. The standard InChI is InChI=1S/C22H22F3NO5S/c23-17-6-4-15(10-19(17)25)26-21(28)12-1-5-18(24)20(7-12)32(30,31)16-8-13-2-3-14(9-16)22(13,29)11-27/h1,4-7,10,13-14,16,27,29H,2-3,8-9,11H2,(H,26,28)/t13-,14+,16?,22?. The second-order valence-electron chi connectivity index (χ2n) is 8.49. The van der Waals surface area contributed by atoms with Crippen LogP contribution in [0.25, 0.3) is 0 Å².